The van der Waals surface area contributed by atoms with Crippen molar-refractivity contribution in [2.24, 2.45) is 5.73 Å². The first-order valence-electron chi connectivity index (χ1n) is 6.18. The third-order valence-electron chi connectivity index (χ3n) is 2.55. The summed E-state index contributed by atoms with van der Waals surface area (Å²) in [6.45, 7) is 0.354. The Balaban J connectivity index is 2.14. The van der Waals surface area contributed by atoms with E-state index in [-0.39, 0.29) is 5.75 Å². The number of nitrogens with one attached hydrogen (secondary N) is 1. The van der Waals surface area contributed by atoms with Gasteiger partial charge in [-0.3, -0.25) is 4.79 Å². The summed E-state index contributed by atoms with van der Waals surface area (Å²) >= 11 is 0. The summed E-state index contributed by atoms with van der Waals surface area (Å²) < 4.78 is 17.5. The predicted molar refractivity (Wildman–Crippen MR) is 69.9 cm³/mol. The Morgan fingerprint density at radius 1 is 1.30 bits per heavy atom. The lowest BCUT2D eigenvalue weighted by atomic mass is 10.1. The predicted octanol–water partition coefficient (Wildman–Crippen LogP) is 1.50. The van der Waals surface area contributed by atoms with Crippen LogP contribution in [0.1, 0.15) is 19.3 Å². The molecular weight excluding hydrogens is 267 g/mol. The molecule has 7 heteroatoms. The molecule has 1 atom stereocenters. The first kappa shape index (κ1) is 15.9. The highest BCUT2D eigenvalue weighted by Crippen LogP contribution is 2.10. The number of hydrogen-bond donors (Lipinski definition) is 3. The van der Waals surface area contributed by atoms with Crippen molar-refractivity contribution >= 4 is 12.1 Å². The van der Waals surface area contributed by atoms with Gasteiger partial charge in [0.1, 0.15) is 17.6 Å². The second-order valence-corrected chi connectivity index (χ2v) is 4.21. The van der Waals surface area contributed by atoms with Crippen LogP contribution in [0.25, 0.3) is 0 Å². The number of benzene rings is 1. The van der Waals surface area contributed by atoms with E-state index >= 15 is 0 Å². The van der Waals surface area contributed by atoms with Gasteiger partial charge in [0.2, 0.25) is 0 Å². The molecule has 0 aliphatic heterocycles. The molecule has 20 heavy (non-hydrogen) atoms. The summed E-state index contributed by atoms with van der Waals surface area (Å²) in [5.74, 6) is -1.20. The molecule has 0 saturated carbocycles. The van der Waals surface area contributed by atoms with Crippen molar-refractivity contribution < 1.29 is 23.8 Å². The van der Waals surface area contributed by atoms with Crippen molar-refractivity contribution in [2.45, 2.75) is 25.3 Å². The molecular formula is C13H17FN2O4. The molecule has 0 aromatic heterocycles. The van der Waals surface area contributed by atoms with Crippen LogP contribution in [0.15, 0.2) is 24.3 Å². The number of carbonyl (C=O) groups is 2. The van der Waals surface area contributed by atoms with Gasteiger partial charge in [0, 0.05) is 6.54 Å². The molecule has 1 amide bonds. The molecule has 0 unspecified atom stereocenters. The lowest BCUT2D eigenvalue weighted by Gasteiger charge is -2.08. The summed E-state index contributed by atoms with van der Waals surface area (Å²) in [7, 11) is 0. The van der Waals surface area contributed by atoms with Crippen molar-refractivity contribution in [3.63, 3.8) is 0 Å². The van der Waals surface area contributed by atoms with Gasteiger partial charge in [0.25, 0.3) is 0 Å². The van der Waals surface area contributed by atoms with E-state index in [2.05, 4.69) is 5.32 Å². The molecule has 0 radical (unpaired) electrons. The summed E-state index contributed by atoms with van der Waals surface area (Å²) in [4.78, 5) is 21.8. The topological polar surface area (TPSA) is 102 Å². The van der Waals surface area contributed by atoms with Gasteiger partial charge < -0.3 is 20.9 Å². The molecule has 0 heterocycles. The van der Waals surface area contributed by atoms with Gasteiger partial charge in [0.15, 0.2) is 0 Å². The lowest BCUT2D eigenvalue weighted by Crippen LogP contribution is -2.31. The van der Waals surface area contributed by atoms with Crippen LogP contribution in [0.5, 0.6) is 5.75 Å². The van der Waals surface area contributed by atoms with Crippen molar-refractivity contribution in [3.8, 4) is 5.75 Å². The average Bonchev–Trinajstić information content (AvgIpc) is 2.40. The maximum atomic E-state index is 12.6. The Bertz CT molecular complexity index is 450. The van der Waals surface area contributed by atoms with Crippen molar-refractivity contribution in [2.75, 3.05) is 6.54 Å². The van der Waals surface area contributed by atoms with Crippen molar-refractivity contribution in [3.05, 3.63) is 30.1 Å². The summed E-state index contributed by atoms with van der Waals surface area (Å²) in [6.07, 6.45) is 0.896. The Morgan fingerprint density at radius 3 is 2.55 bits per heavy atom. The first-order chi connectivity index (χ1) is 9.49. The summed E-state index contributed by atoms with van der Waals surface area (Å²) in [5, 5.41) is 11.1. The molecule has 6 nitrogen and oxygen atoms in total. The quantitative estimate of drug-likeness (QED) is 0.658. The van der Waals surface area contributed by atoms with E-state index in [1.165, 1.54) is 24.3 Å². The van der Waals surface area contributed by atoms with Crippen LogP contribution in [0.3, 0.4) is 0 Å². The zero-order valence-electron chi connectivity index (χ0n) is 10.8. The minimum Gasteiger partial charge on any atom is -0.480 e. The smallest absolute Gasteiger partial charge is 0.412 e. The molecule has 0 fully saturated rings. The number of rotatable bonds is 7. The number of halogens is 1. The van der Waals surface area contributed by atoms with Crippen LogP contribution >= 0.6 is 0 Å². The molecule has 0 saturated heterocycles. The number of nitrogens with two attached hydrogens (primary N) is 1. The number of unbranched alkanes of at least 4 members (excludes halogenated alkanes) is 1. The minimum atomic E-state index is -1.03. The lowest BCUT2D eigenvalue weighted by molar-refractivity contribution is -0.138. The van der Waals surface area contributed by atoms with Gasteiger partial charge in [-0.25, -0.2) is 9.18 Å². The van der Waals surface area contributed by atoms with Crippen LogP contribution in [-0.4, -0.2) is 29.8 Å². The summed E-state index contributed by atoms with van der Waals surface area (Å²) in [6, 6.07) is 4.20. The van der Waals surface area contributed by atoms with E-state index in [9.17, 15) is 14.0 Å². The van der Waals surface area contributed by atoms with E-state index in [0.717, 1.165) is 0 Å². The highest BCUT2D eigenvalue weighted by atomic mass is 19.1. The SMILES string of the molecule is N[C@@H](CCCCNC(=O)Oc1ccc(F)cc1)C(=O)O. The molecule has 0 aliphatic rings. The Labute approximate surface area is 115 Å². The fraction of sp³-hybridized carbons (Fsp3) is 0.385. The zero-order valence-corrected chi connectivity index (χ0v) is 10.8. The monoisotopic (exact) mass is 284 g/mol. The van der Waals surface area contributed by atoms with Crippen LogP contribution in [0, 0.1) is 5.82 Å². The maximum Gasteiger partial charge on any atom is 0.412 e. The molecule has 0 bridgehead atoms. The number of carboxylic acid groups (broad SMARTS) is 1. The second-order valence-electron chi connectivity index (χ2n) is 4.21. The van der Waals surface area contributed by atoms with E-state index in [0.29, 0.717) is 25.8 Å². The standard InChI is InChI=1S/C13H17FN2O4/c14-9-4-6-10(7-5-9)20-13(19)16-8-2-1-3-11(15)12(17)18/h4-7,11H,1-3,8,15H2,(H,16,19)(H,17,18)/t11-/m0/s1. The molecule has 110 valence electrons. The largest absolute Gasteiger partial charge is 0.480 e. The Morgan fingerprint density at radius 2 is 1.95 bits per heavy atom. The number of ether oxygens (including phenoxy) is 1. The van der Waals surface area contributed by atoms with Crippen LogP contribution < -0.4 is 15.8 Å². The van der Waals surface area contributed by atoms with Crippen LogP contribution in [0.2, 0.25) is 0 Å². The number of hydrogen-bond acceptors (Lipinski definition) is 4. The van der Waals surface area contributed by atoms with Crippen molar-refractivity contribution in [1.29, 1.82) is 0 Å². The van der Waals surface area contributed by atoms with Gasteiger partial charge in [-0.15, -0.1) is 0 Å². The number of carbonyl (C=O) groups excluding carboxylic acids is 1. The van der Waals surface area contributed by atoms with Crippen LogP contribution in [-0.2, 0) is 4.79 Å². The molecule has 1 rings (SSSR count). The van der Waals surface area contributed by atoms with E-state index in [1.807, 2.05) is 0 Å². The van der Waals surface area contributed by atoms with Gasteiger partial charge in [-0.2, -0.15) is 0 Å². The molecule has 1 aromatic rings. The normalized spacial score (nSPS) is 11.7. The summed E-state index contributed by atoms with van der Waals surface area (Å²) in [5.41, 5.74) is 5.33. The van der Waals surface area contributed by atoms with E-state index in [4.69, 9.17) is 15.6 Å². The number of aliphatic carboxylic acids is 1. The molecule has 0 aliphatic carbocycles. The molecule has 4 N–H and O–H groups in total. The van der Waals surface area contributed by atoms with Crippen molar-refractivity contribution in [1.82, 2.24) is 5.32 Å². The Kier molecular flexibility index (Phi) is 6.45. The zero-order chi connectivity index (χ0) is 15.0. The second kappa shape index (κ2) is 8.11. The fourth-order valence-corrected chi connectivity index (χ4v) is 1.45. The fourth-order valence-electron chi connectivity index (χ4n) is 1.45. The van der Waals surface area contributed by atoms with E-state index < -0.39 is 23.9 Å². The average molecular weight is 284 g/mol. The highest BCUT2D eigenvalue weighted by molar-refractivity contribution is 5.73. The van der Waals surface area contributed by atoms with E-state index in [1.54, 1.807) is 0 Å². The van der Waals surface area contributed by atoms with Gasteiger partial charge in [-0.1, -0.05) is 0 Å². The number of amides is 1. The van der Waals surface area contributed by atoms with Gasteiger partial charge >= 0.3 is 12.1 Å². The van der Waals surface area contributed by atoms with Gasteiger partial charge in [0.05, 0.1) is 0 Å². The minimum absolute atomic E-state index is 0.247. The first-order valence-corrected chi connectivity index (χ1v) is 6.18. The Hall–Kier alpha value is -2.15. The number of carboxylic acids is 1. The molecule has 0 spiro atoms. The third kappa shape index (κ3) is 6.14. The highest BCUT2D eigenvalue weighted by Gasteiger charge is 2.10. The third-order valence-corrected chi connectivity index (χ3v) is 2.55. The van der Waals surface area contributed by atoms with Gasteiger partial charge in [-0.05, 0) is 43.5 Å². The molecule has 1 aromatic carbocycles. The maximum absolute atomic E-state index is 12.6. The van der Waals surface area contributed by atoms with Crippen LogP contribution in [0.4, 0.5) is 9.18 Å².